The van der Waals surface area contributed by atoms with Gasteiger partial charge in [-0.25, -0.2) is 0 Å². The third-order valence-electron chi connectivity index (χ3n) is 4.21. The molecule has 0 aromatic carbocycles. The summed E-state index contributed by atoms with van der Waals surface area (Å²) in [4.78, 5) is 2.69. The summed E-state index contributed by atoms with van der Waals surface area (Å²) in [5, 5.41) is 0. The average molecular weight is 224 g/mol. The van der Waals surface area contributed by atoms with E-state index in [9.17, 15) is 0 Å². The zero-order valence-corrected chi connectivity index (χ0v) is 10.8. The van der Waals surface area contributed by atoms with Crippen molar-refractivity contribution in [3.05, 3.63) is 0 Å². The van der Waals surface area contributed by atoms with E-state index in [1.54, 1.807) is 0 Å². The van der Waals surface area contributed by atoms with Crippen LogP contribution in [0.25, 0.3) is 0 Å². The third-order valence-corrected chi connectivity index (χ3v) is 4.21. The van der Waals surface area contributed by atoms with E-state index in [1.807, 2.05) is 0 Å². The second kappa shape index (κ2) is 6.02. The maximum Gasteiger partial charge on any atom is 0.00793 e. The van der Waals surface area contributed by atoms with Crippen molar-refractivity contribution in [2.75, 3.05) is 19.6 Å². The van der Waals surface area contributed by atoms with Crippen molar-refractivity contribution in [2.45, 2.75) is 57.9 Å². The predicted molar refractivity (Wildman–Crippen MR) is 69.4 cm³/mol. The molecule has 0 aliphatic heterocycles. The summed E-state index contributed by atoms with van der Waals surface area (Å²) in [6.45, 7) is 6.18. The van der Waals surface area contributed by atoms with Crippen LogP contribution < -0.4 is 5.73 Å². The second-order valence-corrected chi connectivity index (χ2v) is 5.91. The molecule has 0 spiro atoms. The number of nitrogens with two attached hydrogens (primary N) is 1. The van der Waals surface area contributed by atoms with Crippen molar-refractivity contribution < 1.29 is 0 Å². The van der Waals surface area contributed by atoms with Crippen LogP contribution in [-0.4, -0.2) is 30.6 Å². The topological polar surface area (TPSA) is 29.3 Å². The van der Waals surface area contributed by atoms with Gasteiger partial charge in [0.2, 0.25) is 0 Å². The van der Waals surface area contributed by atoms with Crippen LogP contribution in [0.2, 0.25) is 0 Å². The van der Waals surface area contributed by atoms with Crippen molar-refractivity contribution in [2.24, 2.45) is 17.6 Å². The fraction of sp³-hybridized carbons (Fsp3) is 1.00. The molecule has 2 aliphatic carbocycles. The summed E-state index contributed by atoms with van der Waals surface area (Å²) in [5.74, 6) is 1.80. The Morgan fingerprint density at radius 3 is 2.44 bits per heavy atom. The van der Waals surface area contributed by atoms with E-state index < -0.39 is 0 Å². The molecule has 0 aromatic heterocycles. The molecule has 0 amide bonds. The maximum absolute atomic E-state index is 6.24. The molecule has 2 saturated carbocycles. The molecule has 2 aliphatic rings. The Hall–Kier alpha value is -0.0800. The zero-order valence-electron chi connectivity index (χ0n) is 10.8. The van der Waals surface area contributed by atoms with Crippen molar-refractivity contribution in [3.63, 3.8) is 0 Å². The lowest BCUT2D eigenvalue weighted by Gasteiger charge is -2.33. The molecule has 0 saturated heterocycles. The monoisotopic (exact) mass is 224 g/mol. The molecule has 2 rings (SSSR count). The first-order chi connectivity index (χ1) is 7.79. The Morgan fingerprint density at radius 1 is 1.06 bits per heavy atom. The van der Waals surface area contributed by atoms with Gasteiger partial charge in [0.1, 0.15) is 0 Å². The van der Waals surface area contributed by atoms with Gasteiger partial charge in [-0.2, -0.15) is 0 Å². The van der Waals surface area contributed by atoms with Gasteiger partial charge in [-0.05, 0) is 50.5 Å². The van der Waals surface area contributed by atoms with E-state index in [0.717, 1.165) is 11.8 Å². The van der Waals surface area contributed by atoms with Crippen LogP contribution in [0.4, 0.5) is 0 Å². The first-order valence-corrected chi connectivity index (χ1v) is 7.27. The molecule has 94 valence electrons. The first-order valence-electron chi connectivity index (χ1n) is 7.27. The van der Waals surface area contributed by atoms with Gasteiger partial charge < -0.3 is 10.6 Å². The van der Waals surface area contributed by atoms with Crippen molar-refractivity contribution in [3.8, 4) is 0 Å². The van der Waals surface area contributed by atoms with E-state index in [0.29, 0.717) is 6.04 Å². The standard InChI is InChI=1S/C14H28N2/c1-2-9-16(10-12-7-8-12)11-13-5-3-4-6-14(13)15/h12-14H,2-11,15H2,1H3. The van der Waals surface area contributed by atoms with Crippen LogP contribution in [0.3, 0.4) is 0 Å². The minimum absolute atomic E-state index is 0.479. The fourth-order valence-corrected chi connectivity index (χ4v) is 3.03. The Labute approximate surface area is 101 Å². The molecule has 2 nitrogen and oxygen atoms in total. The van der Waals surface area contributed by atoms with Gasteiger partial charge in [0.25, 0.3) is 0 Å². The van der Waals surface area contributed by atoms with E-state index in [2.05, 4.69) is 11.8 Å². The number of nitrogens with zero attached hydrogens (tertiary/aromatic N) is 1. The molecule has 2 fully saturated rings. The van der Waals surface area contributed by atoms with Gasteiger partial charge in [0, 0.05) is 19.1 Å². The molecule has 16 heavy (non-hydrogen) atoms. The van der Waals surface area contributed by atoms with Crippen molar-refractivity contribution >= 4 is 0 Å². The highest BCUT2D eigenvalue weighted by atomic mass is 15.1. The van der Waals surface area contributed by atoms with E-state index >= 15 is 0 Å². The van der Waals surface area contributed by atoms with Crippen molar-refractivity contribution in [1.82, 2.24) is 4.90 Å². The molecule has 2 heteroatoms. The molecular weight excluding hydrogens is 196 g/mol. The minimum Gasteiger partial charge on any atom is -0.327 e. The predicted octanol–water partition coefficient (Wildman–Crippen LogP) is 2.63. The van der Waals surface area contributed by atoms with E-state index in [-0.39, 0.29) is 0 Å². The molecule has 0 heterocycles. The van der Waals surface area contributed by atoms with E-state index in [4.69, 9.17) is 5.73 Å². The highest BCUT2D eigenvalue weighted by molar-refractivity contribution is 4.83. The molecular formula is C14H28N2. The number of hydrogen-bond acceptors (Lipinski definition) is 2. The second-order valence-electron chi connectivity index (χ2n) is 5.91. The van der Waals surface area contributed by atoms with Gasteiger partial charge in [-0.3, -0.25) is 0 Å². The van der Waals surface area contributed by atoms with Gasteiger partial charge >= 0.3 is 0 Å². The summed E-state index contributed by atoms with van der Waals surface area (Å²) in [5.41, 5.74) is 6.24. The quantitative estimate of drug-likeness (QED) is 0.751. The lowest BCUT2D eigenvalue weighted by atomic mass is 9.84. The largest absolute Gasteiger partial charge is 0.327 e. The van der Waals surface area contributed by atoms with Crippen LogP contribution in [0.15, 0.2) is 0 Å². The summed E-state index contributed by atoms with van der Waals surface area (Å²) < 4.78 is 0. The highest BCUT2D eigenvalue weighted by Crippen LogP contribution is 2.31. The smallest absolute Gasteiger partial charge is 0.00793 e. The van der Waals surface area contributed by atoms with Crippen LogP contribution >= 0.6 is 0 Å². The third kappa shape index (κ3) is 3.74. The molecule has 0 aromatic rings. The SMILES string of the molecule is CCCN(CC1CC1)CC1CCCCC1N. The van der Waals surface area contributed by atoms with Crippen LogP contribution in [0.1, 0.15) is 51.9 Å². The molecule has 0 bridgehead atoms. The summed E-state index contributed by atoms with van der Waals surface area (Å²) in [6.07, 6.45) is 9.61. The molecule has 2 N–H and O–H groups in total. The van der Waals surface area contributed by atoms with Gasteiger partial charge in [0.15, 0.2) is 0 Å². The molecule has 2 unspecified atom stereocenters. The van der Waals surface area contributed by atoms with Gasteiger partial charge in [-0.15, -0.1) is 0 Å². The maximum atomic E-state index is 6.24. The number of hydrogen-bond donors (Lipinski definition) is 1. The van der Waals surface area contributed by atoms with Crippen LogP contribution in [0, 0.1) is 11.8 Å². The Bertz CT molecular complexity index is 201. The fourth-order valence-electron chi connectivity index (χ4n) is 3.03. The average Bonchev–Trinajstić information content (AvgIpc) is 3.06. The highest BCUT2D eigenvalue weighted by Gasteiger charge is 2.28. The summed E-state index contributed by atoms with van der Waals surface area (Å²) in [7, 11) is 0. The Morgan fingerprint density at radius 2 is 1.81 bits per heavy atom. The lowest BCUT2D eigenvalue weighted by Crippen LogP contribution is -2.42. The molecule has 0 radical (unpaired) electrons. The van der Waals surface area contributed by atoms with Crippen LogP contribution in [0.5, 0.6) is 0 Å². The van der Waals surface area contributed by atoms with Gasteiger partial charge in [0.05, 0.1) is 0 Å². The summed E-state index contributed by atoms with van der Waals surface area (Å²) >= 11 is 0. The van der Waals surface area contributed by atoms with Crippen molar-refractivity contribution in [1.29, 1.82) is 0 Å². The number of rotatable bonds is 6. The normalized spacial score (nSPS) is 30.9. The van der Waals surface area contributed by atoms with Crippen LogP contribution in [-0.2, 0) is 0 Å². The summed E-state index contributed by atoms with van der Waals surface area (Å²) in [6, 6.07) is 0.479. The zero-order chi connectivity index (χ0) is 11.4. The molecule has 2 atom stereocenters. The Balaban J connectivity index is 1.77. The first kappa shape index (κ1) is 12.4. The lowest BCUT2D eigenvalue weighted by molar-refractivity contribution is 0.178. The minimum atomic E-state index is 0.479. The van der Waals surface area contributed by atoms with E-state index in [1.165, 1.54) is 64.6 Å². The Kier molecular flexibility index (Phi) is 4.66. The van der Waals surface area contributed by atoms with Gasteiger partial charge in [-0.1, -0.05) is 19.8 Å².